The lowest BCUT2D eigenvalue weighted by molar-refractivity contribution is 0.306. The molecule has 0 aliphatic heterocycles. The van der Waals surface area contributed by atoms with E-state index in [-0.39, 0.29) is 12.2 Å². The molecule has 0 spiro atoms. The highest BCUT2D eigenvalue weighted by Gasteiger charge is 2.19. The van der Waals surface area contributed by atoms with Gasteiger partial charge in [0.05, 0.1) is 16.8 Å². The van der Waals surface area contributed by atoms with Crippen molar-refractivity contribution in [3.05, 3.63) is 101 Å². The number of hydrogen-bond acceptors (Lipinski definition) is 5. The van der Waals surface area contributed by atoms with Crippen LogP contribution in [0.1, 0.15) is 5.69 Å². The summed E-state index contributed by atoms with van der Waals surface area (Å²) in [5.41, 5.74) is 3.71. The predicted molar refractivity (Wildman–Crippen MR) is 120 cm³/mol. The van der Waals surface area contributed by atoms with Gasteiger partial charge < -0.3 is 9.72 Å². The third kappa shape index (κ3) is 3.38. The number of thiophene rings is 1. The number of fused-ring (bicyclic) bond motifs is 1. The van der Waals surface area contributed by atoms with Crippen molar-refractivity contribution in [2.45, 2.75) is 6.61 Å². The van der Waals surface area contributed by atoms with Crippen molar-refractivity contribution in [2.75, 3.05) is 0 Å². The minimum Gasteiger partial charge on any atom is -0.486 e. The zero-order valence-corrected chi connectivity index (χ0v) is 16.7. The van der Waals surface area contributed by atoms with E-state index in [4.69, 9.17) is 4.74 Å². The molecule has 0 amide bonds. The Morgan fingerprint density at radius 2 is 1.93 bits per heavy atom. The number of benzene rings is 1. The third-order valence-electron chi connectivity index (χ3n) is 4.83. The molecular weight excluding hydrogens is 394 g/mol. The summed E-state index contributed by atoms with van der Waals surface area (Å²) < 4.78 is 6.24. The Hall–Kier alpha value is -3.77. The van der Waals surface area contributed by atoms with Gasteiger partial charge in [-0.15, -0.1) is 11.3 Å². The maximum absolute atomic E-state index is 13.2. The van der Waals surface area contributed by atoms with Crippen LogP contribution in [0.15, 0.2) is 89.4 Å². The molecule has 146 valence electrons. The Bertz CT molecular complexity index is 1350. The van der Waals surface area contributed by atoms with Gasteiger partial charge in [0.2, 0.25) is 0 Å². The summed E-state index contributed by atoms with van der Waals surface area (Å²) in [5, 5.41) is 2.79. The van der Waals surface area contributed by atoms with Gasteiger partial charge in [0.15, 0.2) is 0 Å². The van der Waals surface area contributed by atoms with E-state index in [1.165, 1.54) is 11.3 Å². The summed E-state index contributed by atoms with van der Waals surface area (Å²) in [6.07, 6.45) is 5.25. The Balaban J connectivity index is 1.73. The van der Waals surface area contributed by atoms with E-state index in [2.05, 4.69) is 15.0 Å². The van der Waals surface area contributed by atoms with Crippen LogP contribution in [0.4, 0.5) is 0 Å². The van der Waals surface area contributed by atoms with Crippen molar-refractivity contribution in [2.24, 2.45) is 0 Å². The number of nitrogens with one attached hydrogen (secondary N) is 1. The molecule has 0 saturated heterocycles. The fraction of sp³-hybridized carbons (Fsp3) is 0.0417. The molecule has 5 rings (SSSR count). The molecule has 5 nitrogen and oxygen atoms in total. The van der Waals surface area contributed by atoms with Crippen molar-refractivity contribution in [1.82, 2.24) is 15.0 Å². The van der Waals surface area contributed by atoms with Crippen LogP contribution in [-0.2, 0) is 6.61 Å². The van der Waals surface area contributed by atoms with Crippen LogP contribution in [0.3, 0.4) is 0 Å². The predicted octanol–water partition coefficient (Wildman–Crippen LogP) is 5.29. The van der Waals surface area contributed by atoms with Gasteiger partial charge in [0.25, 0.3) is 5.56 Å². The summed E-state index contributed by atoms with van der Waals surface area (Å²) >= 11 is 1.51. The van der Waals surface area contributed by atoms with Crippen molar-refractivity contribution in [1.29, 1.82) is 0 Å². The molecule has 0 radical (unpaired) electrons. The maximum atomic E-state index is 13.2. The van der Waals surface area contributed by atoms with Gasteiger partial charge in [-0.25, -0.2) is 0 Å². The first-order valence-corrected chi connectivity index (χ1v) is 10.4. The van der Waals surface area contributed by atoms with Crippen molar-refractivity contribution < 1.29 is 4.74 Å². The van der Waals surface area contributed by atoms with Gasteiger partial charge in [0.1, 0.15) is 12.4 Å². The highest BCUT2D eigenvalue weighted by molar-refractivity contribution is 7.13. The fourth-order valence-corrected chi connectivity index (χ4v) is 4.24. The molecule has 30 heavy (non-hydrogen) atoms. The molecule has 1 aromatic carbocycles. The standard InChI is InChI=1S/C24H17N3O2S/c28-24-21(20-10-5-13-30-20)23(29-15-17-7-1-2-12-26-17)19-9-3-8-18(22(19)27-24)16-6-4-11-25-14-16/h1-14H,15H2,(H,27,28). The number of H-pyrrole nitrogens is 1. The van der Waals surface area contributed by atoms with Gasteiger partial charge in [-0.2, -0.15) is 0 Å². The number of aromatic amines is 1. The second kappa shape index (κ2) is 7.93. The smallest absolute Gasteiger partial charge is 0.260 e. The Labute approximate surface area is 176 Å². The SMILES string of the molecule is O=c1[nH]c2c(-c3cccnc3)cccc2c(OCc2ccccn2)c1-c1cccs1. The minimum absolute atomic E-state index is 0.183. The number of nitrogens with zero attached hydrogens (tertiary/aromatic N) is 2. The average molecular weight is 411 g/mol. The molecule has 6 heteroatoms. The van der Waals surface area contributed by atoms with Crippen LogP contribution in [0.2, 0.25) is 0 Å². The molecule has 0 bridgehead atoms. The number of ether oxygens (including phenoxy) is 1. The largest absolute Gasteiger partial charge is 0.486 e. The summed E-state index contributed by atoms with van der Waals surface area (Å²) in [6.45, 7) is 0.273. The van der Waals surface area contributed by atoms with Crippen molar-refractivity contribution >= 4 is 22.2 Å². The number of pyridine rings is 3. The molecule has 0 aliphatic carbocycles. The Morgan fingerprint density at radius 3 is 2.70 bits per heavy atom. The first-order valence-electron chi connectivity index (χ1n) is 9.47. The van der Waals surface area contributed by atoms with Crippen LogP contribution < -0.4 is 10.3 Å². The van der Waals surface area contributed by atoms with E-state index in [1.54, 1.807) is 18.6 Å². The number of hydrogen-bond donors (Lipinski definition) is 1. The van der Waals surface area contributed by atoms with Gasteiger partial charge in [0, 0.05) is 40.0 Å². The fourth-order valence-electron chi connectivity index (χ4n) is 3.48. The van der Waals surface area contributed by atoms with E-state index in [1.807, 2.05) is 66.0 Å². The monoisotopic (exact) mass is 411 g/mol. The van der Waals surface area contributed by atoms with E-state index in [9.17, 15) is 4.79 Å². The molecule has 4 heterocycles. The molecule has 0 unspecified atom stereocenters. The second-order valence-corrected chi connectivity index (χ2v) is 7.66. The number of aromatic nitrogens is 3. The lowest BCUT2D eigenvalue weighted by atomic mass is 10.0. The van der Waals surface area contributed by atoms with E-state index < -0.39 is 0 Å². The van der Waals surface area contributed by atoms with Crippen LogP contribution in [-0.4, -0.2) is 15.0 Å². The summed E-state index contributed by atoms with van der Waals surface area (Å²) in [4.78, 5) is 25.7. The second-order valence-electron chi connectivity index (χ2n) is 6.72. The molecule has 0 atom stereocenters. The quantitative estimate of drug-likeness (QED) is 0.427. The first-order chi connectivity index (χ1) is 14.8. The summed E-state index contributed by atoms with van der Waals surface area (Å²) in [7, 11) is 0. The van der Waals surface area contributed by atoms with Gasteiger partial charge >= 0.3 is 0 Å². The van der Waals surface area contributed by atoms with E-state index in [0.717, 1.165) is 32.6 Å². The molecule has 0 saturated carbocycles. The van der Waals surface area contributed by atoms with Crippen LogP contribution >= 0.6 is 11.3 Å². The van der Waals surface area contributed by atoms with Gasteiger partial charge in [-0.05, 0) is 35.7 Å². The molecule has 0 fully saturated rings. The zero-order valence-electron chi connectivity index (χ0n) is 15.9. The van der Waals surface area contributed by atoms with Crippen molar-refractivity contribution in [3.63, 3.8) is 0 Å². The molecule has 1 N–H and O–H groups in total. The van der Waals surface area contributed by atoms with Gasteiger partial charge in [-0.1, -0.05) is 30.3 Å². The molecule has 5 aromatic rings. The Morgan fingerprint density at radius 1 is 0.967 bits per heavy atom. The van der Waals surface area contributed by atoms with Crippen LogP contribution in [0, 0.1) is 0 Å². The lowest BCUT2D eigenvalue weighted by Crippen LogP contribution is -2.12. The molecular formula is C24H17N3O2S. The number of rotatable bonds is 5. The Kier molecular flexibility index (Phi) is 4.83. The maximum Gasteiger partial charge on any atom is 0.260 e. The highest BCUT2D eigenvalue weighted by Crippen LogP contribution is 2.38. The number of para-hydroxylation sites is 1. The van der Waals surface area contributed by atoms with Crippen molar-refractivity contribution in [3.8, 4) is 27.3 Å². The average Bonchev–Trinajstić information content (AvgIpc) is 3.32. The minimum atomic E-state index is -0.183. The van der Waals surface area contributed by atoms with E-state index >= 15 is 0 Å². The summed E-state index contributed by atoms with van der Waals surface area (Å²) in [6, 6.07) is 19.3. The lowest BCUT2D eigenvalue weighted by Gasteiger charge is -2.15. The van der Waals surface area contributed by atoms with Gasteiger partial charge in [-0.3, -0.25) is 14.8 Å². The highest BCUT2D eigenvalue weighted by atomic mass is 32.1. The summed E-state index contributed by atoms with van der Waals surface area (Å²) in [5.74, 6) is 0.563. The third-order valence-corrected chi connectivity index (χ3v) is 5.72. The molecule has 4 aromatic heterocycles. The zero-order chi connectivity index (χ0) is 20.3. The van der Waals surface area contributed by atoms with E-state index in [0.29, 0.717) is 11.3 Å². The topological polar surface area (TPSA) is 67.9 Å². The normalized spacial score (nSPS) is 10.9. The van der Waals surface area contributed by atoms with Crippen LogP contribution in [0.25, 0.3) is 32.5 Å². The van der Waals surface area contributed by atoms with Crippen LogP contribution in [0.5, 0.6) is 5.75 Å². The first kappa shape index (κ1) is 18.3. The molecule has 0 aliphatic rings.